The first kappa shape index (κ1) is 16.4. The first-order valence-electron chi connectivity index (χ1n) is 5.82. The van der Waals surface area contributed by atoms with E-state index in [0.717, 1.165) is 0 Å². The van der Waals surface area contributed by atoms with Gasteiger partial charge < -0.3 is 20.5 Å². The molecular weight excluding hydrogens is 240 g/mol. The summed E-state index contributed by atoms with van der Waals surface area (Å²) in [6.45, 7) is 3.53. The number of hydrogen-bond donors (Lipinski definition) is 2. The molecule has 0 aromatic heterocycles. The van der Waals surface area contributed by atoms with Gasteiger partial charge in [0.25, 0.3) is 0 Å². The molecule has 18 heavy (non-hydrogen) atoms. The molecule has 7 heteroatoms. The Morgan fingerprint density at radius 2 is 2.06 bits per heavy atom. The molecule has 1 unspecified atom stereocenters. The summed E-state index contributed by atoms with van der Waals surface area (Å²) in [5, 5.41) is 2.33. The maximum Gasteiger partial charge on any atom is 0.351 e. The van der Waals surface area contributed by atoms with E-state index in [9.17, 15) is 14.4 Å². The van der Waals surface area contributed by atoms with Crippen molar-refractivity contribution in [2.45, 2.75) is 32.3 Å². The van der Waals surface area contributed by atoms with Crippen molar-refractivity contribution in [3.63, 3.8) is 0 Å². The average Bonchev–Trinajstić information content (AvgIpc) is 2.36. The standard InChI is InChI=1S/C11H20N2O5/c1-3-11(7-12,10(16)17-4-2)18-9(15)5-6-13-8-14/h8H,3-7,12H2,1-2H3,(H,13,14). The van der Waals surface area contributed by atoms with E-state index in [4.69, 9.17) is 15.2 Å². The van der Waals surface area contributed by atoms with Gasteiger partial charge >= 0.3 is 11.9 Å². The van der Waals surface area contributed by atoms with Crippen molar-refractivity contribution in [3.8, 4) is 0 Å². The number of esters is 2. The molecule has 0 saturated carbocycles. The first-order chi connectivity index (χ1) is 8.56. The number of nitrogens with two attached hydrogens (primary N) is 1. The van der Waals surface area contributed by atoms with Crippen LogP contribution in [-0.4, -0.2) is 43.6 Å². The molecule has 7 nitrogen and oxygen atoms in total. The topological polar surface area (TPSA) is 108 Å². The number of carbonyl (C=O) groups is 3. The third-order valence-electron chi connectivity index (χ3n) is 2.41. The van der Waals surface area contributed by atoms with Gasteiger partial charge in [-0.1, -0.05) is 6.92 Å². The van der Waals surface area contributed by atoms with Crippen LogP contribution in [0, 0.1) is 0 Å². The highest BCUT2D eigenvalue weighted by Gasteiger charge is 2.41. The Morgan fingerprint density at radius 1 is 1.39 bits per heavy atom. The highest BCUT2D eigenvalue weighted by molar-refractivity contribution is 5.83. The Kier molecular flexibility index (Phi) is 7.69. The van der Waals surface area contributed by atoms with Crippen LogP contribution in [0.2, 0.25) is 0 Å². The van der Waals surface area contributed by atoms with Gasteiger partial charge in [-0.05, 0) is 13.3 Å². The molecule has 1 atom stereocenters. The summed E-state index contributed by atoms with van der Waals surface area (Å²) in [5.74, 6) is -1.25. The molecule has 0 aliphatic rings. The van der Waals surface area contributed by atoms with Crippen LogP contribution in [0.5, 0.6) is 0 Å². The smallest absolute Gasteiger partial charge is 0.351 e. The fourth-order valence-electron chi connectivity index (χ4n) is 1.29. The lowest BCUT2D eigenvalue weighted by molar-refractivity contribution is -0.181. The molecular formula is C11H20N2O5. The molecule has 104 valence electrons. The van der Waals surface area contributed by atoms with E-state index in [1.54, 1.807) is 13.8 Å². The van der Waals surface area contributed by atoms with Crippen LogP contribution in [0.3, 0.4) is 0 Å². The lowest BCUT2D eigenvalue weighted by Crippen LogP contribution is -2.50. The van der Waals surface area contributed by atoms with E-state index in [2.05, 4.69) is 5.32 Å². The molecule has 0 aliphatic carbocycles. The lowest BCUT2D eigenvalue weighted by atomic mass is 10.0. The Hall–Kier alpha value is -1.63. The molecule has 0 aromatic rings. The monoisotopic (exact) mass is 260 g/mol. The maximum absolute atomic E-state index is 11.7. The van der Waals surface area contributed by atoms with E-state index < -0.39 is 17.5 Å². The zero-order valence-corrected chi connectivity index (χ0v) is 10.7. The lowest BCUT2D eigenvalue weighted by Gasteiger charge is -2.28. The molecule has 0 radical (unpaired) electrons. The molecule has 0 fully saturated rings. The van der Waals surface area contributed by atoms with Gasteiger partial charge in [0, 0.05) is 13.1 Å². The van der Waals surface area contributed by atoms with Gasteiger partial charge in [-0.2, -0.15) is 0 Å². The predicted octanol–water partition coefficient (Wildman–Crippen LogP) is -0.664. The SMILES string of the molecule is CCOC(=O)C(CC)(CN)OC(=O)CCNC=O. The van der Waals surface area contributed by atoms with Crippen LogP contribution < -0.4 is 11.1 Å². The highest BCUT2D eigenvalue weighted by Crippen LogP contribution is 2.18. The van der Waals surface area contributed by atoms with Crippen LogP contribution in [0.1, 0.15) is 26.7 Å². The second-order valence-electron chi connectivity index (χ2n) is 3.57. The largest absolute Gasteiger partial charge is 0.463 e. The predicted molar refractivity (Wildman–Crippen MR) is 63.5 cm³/mol. The normalized spacial score (nSPS) is 13.3. The number of nitrogens with one attached hydrogen (secondary N) is 1. The Bertz CT molecular complexity index is 289. The fourth-order valence-corrected chi connectivity index (χ4v) is 1.29. The van der Waals surface area contributed by atoms with Crippen LogP contribution in [-0.2, 0) is 23.9 Å². The molecule has 0 bridgehead atoms. The molecule has 0 aliphatic heterocycles. The van der Waals surface area contributed by atoms with Crippen LogP contribution in [0.15, 0.2) is 0 Å². The van der Waals surface area contributed by atoms with Gasteiger partial charge in [0.05, 0.1) is 13.0 Å². The summed E-state index contributed by atoms with van der Waals surface area (Å²) in [7, 11) is 0. The van der Waals surface area contributed by atoms with Crippen molar-refractivity contribution in [2.75, 3.05) is 19.7 Å². The van der Waals surface area contributed by atoms with Crippen LogP contribution >= 0.6 is 0 Å². The molecule has 0 rings (SSSR count). The van der Waals surface area contributed by atoms with E-state index in [1.807, 2.05) is 0 Å². The van der Waals surface area contributed by atoms with Gasteiger partial charge in [-0.25, -0.2) is 4.79 Å². The third kappa shape index (κ3) is 4.70. The molecule has 3 N–H and O–H groups in total. The Morgan fingerprint density at radius 3 is 2.50 bits per heavy atom. The van der Waals surface area contributed by atoms with Crippen molar-refractivity contribution >= 4 is 18.3 Å². The van der Waals surface area contributed by atoms with E-state index in [0.29, 0.717) is 6.41 Å². The van der Waals surface area contributed by atoms with E-state index in [-0.39, 0.29) is 32.5 Å². The molecule has 0 saturated heterocycles. The number of carbonyl (C=O) groups excluding carboxylic acids is 3. The number of rotatable bonds is 9. The van der Waals surface area contributed by atoms with Crippen molar-refractivity contribution in [1.29, 1.82) is 0 Å². The second-order valence-corrected chi connectivity index (χ2v) is 3.57. The van der Waals surface area contributed by atoms with Crippen molar-refractivity contribution < 1.29 is 23.9 Å². The molecule has 0 aromatic carbocycles. The minimum absolute atomic E-state index is 0.0279. The summed E-state index contributed by atoms with van der Waals surface area (Å²) < 4.78 is 9.95. The van der Waals surface area contributed by atoms with Crippen molar-refractivity contribution in [1.82, 2.24) is 5.32 Å². The van der Waals surface area contributed by atoms with Gasteiger partial charge in [0.2, 0.25) is 12.0 Å². The van der Waals surface area contributed by atoms with Gasteiger partial charge in [-0.3, -0.25) is 9.59 Å². The molecule has 0 spiro atoms. The van der Waals surface area contributed by atoms with E-state index >= 15 is 0 Å². The zero-order chi connectivity index (χ0) is 14.0. The third-order valence-corrected chi connectivity index (χ3v) is 2.41. The average molecular weight is 260 g/mol. The van der Waals surface area contributed by atoms with Crippen molar-refractivity contribution in [2.24, 2.45) is 5.73 Å². The number of hydrogen-bond acceptors (Lipinski definition) is 6. The van der Waals surface area contributed by atoms with Gasteiger partial charge in [0.15, 0.2) is 0 Å². The number of amides is 1. The summed E-state index contributed by atoms with van der Waals surface area (Å²) >= 11 is 0. The summed E-state index contributed by atoms with van der Waals surface area (Å²) in [6, 6.07) is 0. The van der Waals surface area contributed by atoms with Crippen molar-refractivity contribution in [3.05, 3.63) is 0 Å². The van der Waals surface area contributed by atoms with Crippen LogP contribution in [0.4, 0.5) is 0 Å². The maximum atomic E-state index is 11.7. The molecule has 0 heterocycles. The summed E-state index contributed by atoms with van der Waals surface area (Å²) in [6.07, 6.45) is 0.684. The van der Waals surface area contributed by atoms with E-state index in [1.165, 1.54) is 0 Å². The Labute approximate surface area is 106 Å². The minimum atomic E-state index is -1.44. The summed E-state index contributed by atoms with van der Waals surface area (Å²) in [4.78, 5) is 33.3. The second kappa shape index (κ2) is 8.46. The fraction of sp³-hybridized carbons (Fsp3) is 0.727. The van der Waals surface area contributed by atoms with Gasteiger partial charge in [-0.15, -0.1) is 0 Å². The molecule has 1 amide bonds. The van der Waals surface area contributed by atoms with Gasteiger partial charge in [0.1, 0.15) is 0 Å². The Balaban J connectivity index is 4.54. The quantitative estimate of drug-likeness (QED) is 0.323. The highest BCUT2D eigenvalue weighted by atomic mass is 16.6. The minimum Gasteiger partial charge on any atom is -0.463 e. The van der Waals surface area contributed by atoms with Crippen LogP contribution in [0.25, 0.3) is 0 Å². The summed E-state index contributed by atoms with van der Waals surface area (Å²) in [5.41, 5.74) is 4.07. The first-order valence-corrected chi connectivity index (χ1v) is 5.82. The zero-order valence-electron chi connectivity index (χ0n) is 10.7. The number of ether oxygens (including phenoxy) is 2.